The number of imidazole rings is 1. The number of carbonyl (C=O) groups is 1. The lowest BCUT2D eigenvalue weighted by molar-refractivity contribution is 0.0744. The zero-order valence-electron chi connectivity index (χ0n) is 25.1. The molecule has 0 aliphatic carbocycles. The van der Waals surface area contributed by atoms with Crippen LogP contribution in [-0.2, 0) is 20.2 Å². The average molecular weight is 690 g/mol. The number of piperidine rings is 1. The van der Waals surface area contributed by atoms with Crippen molar-refractivity contribution in [1.82, 2.24) is 20.0 Å². The minimum Gasteiger partial charge on any atom is -0.382 e. The molecule has 0 unspecified atom stereocenters. The van der Waals surface area contributed by atoms with Gasteiger partial charge in [0.2, 0.25) is 0 Å². The van der Waals surface area contributed by atoms with Crippen molar-refractivity contribution < 1.29 is 30.4 Å². The van der Waals surface area contributed by atoms with Gasteiger partial charge in [-0.2, -0.15) is 16.8 Å². The van der Waals surface area contributed by atoms with Gasteiger partial charge < -0.3 is 4.18 Å². The van der Waals surface area contributed by atoms with Crippen molar-refractivity contribution in [1.29, 1.82) is 0 Å². The first-order valence-electron chi connectivity index (χ1n) is 14.2. The van der Waals surface area contributed by atoms with Crippen molar-refractivity contribution >= 4 is 49.3 Å². The van der Waals surface area contributed by atoms with Crippen LogP contribution in [0.25, 0.3) is 17.1 Å². The first kappa shape index (κ1) is 35.8. The number of amides is 1. The monoisotopic (exact) mass is 688 g/mol. The molecule has 1 aliphatic rings. The molecule has 44 heavy (non-hydrogen) atoms. The van der Waals surface area contributed by atoms with Crippen LogP contribution in [0.2, 0.25) is 10.0 Å². The summed E-state index contributed by atoms with van der Waals surface area (Å²) in [6.45, 7) is 8.69. The van der Waals surface area contributed by atoms with Crippen LogP contribution in [0.3, 0.4) is 0 Å². The molecule has 4 rings (SSSR count). The highest BCUT2D eigenvalue weighted by Gasteiger charge is 2.25. The Labute approximate surface area is 269 Å². The van der Waals surface area contributed by atoms with E-state index in [-0.39, 0.29) is 34.8 Å². The van der Waals surface area contributed by atoms with Crippen LogP contribution in [0.5, 0.6) is 5.75 Å². The molecule has 1 aliphatic heterocycles. The van der Waals surface area contributed by atoms with Crippen molar-refractivity contribution in [3.8, 4) is 22.8 Å². The average Bonchev–Trinajstić information content (AvgIpc) is 3.29. The minimum absolute atomic E-state index is 0.0538. The van der Waals surface area contributed by atoms with Gasteiger partial charge in [-0.05, 0) is 81.5 Å². The van der Waals surface area contributed by atoms with Crippen molar-refractivity contribution in [2.24, 2.45) is 5.92 Å². The Morgan fingerprint density at radius 1 is 1.05 bits per heavy atom. The molecule has 1 amide bonds. The van der Waals surface area contributed by atoms with Gasteiger partial charge in [-0.15, -0.1) is 0 Å². The summed E-state index contributed by atoms with van der Waals surface area (Å²) in [6, 6.07) is 11.7. The number of hydrogen-bond acceptors (Lipinski definition) is 8. The van der Waals surface area contributed by atoms with E-state index in [1.807, 2.05) is 30.3 Å². The Hall–Kier alpha value is -2.68. The van der Waals surface area contributed by atoms with E-state index in [0.717, 1.165) is 32.4 Å². The zero-order valence-corrected chi connectivity index (χ0v) is 28.2. The molecule has 2 heterocycles. The number of nitrogens with zero attached hydrogens (tertiary/aromatic N) is 3. The minimum atomic E-state index is -3.70. The van der Waals surface area contributed by atoms with Crippen LogP contribution in [0.1, 0.15) is 62.6 Å². The van der Waals surface area contributed by atoms with Gasteiger partial charge in [0.05, 0.1) is 22.2 Å². The van der Waals surface area contributed by atoms with E-state index < -0.39 is 20.2 Å². The fourth-order valence-corrected chi connectivity index (χ4v) is 6.05. The molecule has 1 fully saturated rings. The number of benzene rings is 2. The molecule has 2 N–H and O–H groups in total. The number of hydrogen-bond donors (Lipinski definition) is 2. The van der Waals surface area contributed by atoms with E-state index in [9.17, 15) is 21.6 Å². The smallest absolute Gasteiger partial charge is 0.309 e. The third-order valence-corrected chi connectivity index (χ3v) is 9.20. The maximum Gasteiger partial charge on any atom is 0.309 e. The molecule has 0 bridgehead atoms. The van der Waals surface area contributed by atoms with E-state index in [1.54, 1.807) is 42.5 Å². The largest absolute Gasteiger partial charge is 0.382 e. The summed E-state index contributed by atoms with van der Waals surface area (Å²) in [4.78, 5) is 18.0. The molecule has 242 valence electrons. The van der Waals surface area contributed by atoms with E-state index in [0.29, 0.717) is 39.2 Å². The molecule has 2 aromatic carbocycles. The molecule has 11 nitrogen and oxygen atoms in total. The molecule has 15 heteroatoms. The third-order valence-electron chi connectivity index (χ3n) is 6.74. The van der Waals surface area contributed by atoms with Crippen LogP contribution in [0, 0.1) is 12.8 Å². The summed E-state index contributed by atoms with van der Waals surface area (Å²) in [6.07, 6.45) is 3.72. The summed E-state index contributed by atoms with van der Waals surface area (Å²) < 4.78 is 58.7. The van der Waals surface area contributed by atoms with E-state index >= 15 is 0 Å². The number of nitrogens with one attached hydrogen (secondary N) is 1. The first-order valence-corrected chi connectivity index (χ1v) is 18.1. The second-order valence-corrected chi connectivity index (χ2v) is 15.0. The predicted molar refractivity (Wildman–Crippen MR) is 173 cm³/mol. The summed E-state index contributed by atoms with van der Waals surface area (Å²) in [5.41, 5.74) is 5.13. The highest BCUT2D eigenvalue weighted by Crippen LogP contribution is 2.34. The van der Waals surface area contributed by atoms with Gasteiger partial charge in [0.1, 0.15) is 11.6 Å². The maximum atomic E-state index is 13.3. The van der Waals surface area contributed by atoms with Crippen molar-refractivity contribution in [3.05, 3.63) is 63.9 Å². The van der Waals surface area contributed by atoms with Gasteiger partial charge in [-0.1, -0.05) is 43.5 Å². The lowest BCUT2D eigenvalue weighted by Gasteiger charge is -2.26. The molecule has 1 saturated heterocycles. The Bertz CT molecular complexity index is 1650. The number of rotatable bonds is 10. The lowest BCUT2D eigenvalue weighted by Crippen LogP contribution is -2.45. The molecule has 1 aromatic heterocycles. The SMILES string of the molecule is CCS(=O)(=O)O.Cc1c(C(=O)NN2CCCCC2)nc(-c2ccc(Cl)cc2Cl)n1-c1ccc(OS(=O)(=O)CCC(C)C)cc1. The van der Waals surface area contributed by atoms with Crippen LogP contribution in [0.15, 0.2) is 42.5 Å². The zero-order chi connectivity index (χ0) is 32.7. The summed E-state index contributed by atoms with van der Waals surface area (Å²) in [5.74, 6) is 0.370. The van der Waals surface area contributed by atoms with Gasteiger partial charge in [-0.25, -0.2) is 9.99 Å². The molecule has 3 aromatic rings. The van der Waals surface area contributed by atoms with Crippen molar-refractivity contribution in [2.45, 2.75) is 53.4 Å². The standard InChI is InChI=1S/C27H32Cl2N4O4S.C2H6O3S/c1-18(2)13-16-38(35,36)37-22-10-8-21(9-11-22)33-19(3)25(27(34)31-32-14-5-4-6-15-32)30-26(33)23-12-7-20(28)17-24(23)29;1-2-6(3,4)5/h7-12,17-18H,4-6,13-16H2,1-3H3,(H,31,34);2H2,1H3,(H,3,4,5). The number of aromatic nitrogens is 2. The van der Waals surface area contributed by atoms with E-state index in [2.05, 4.69) is 5.43 Å². The lowest BCUT2D eigenvalue weighted by atomic mass is 10.2. The van der Waals surface area contributed by atoms with Crippen LogP contribution >= 0.6 is 23.2 Å². The van der Waals surface area contributed by atoms with Gasteiger partial charge in [-0.3, -0.25) is 19.3 Å². The van der Waals surface area contributed by atoms with Crippen molar-refractivity contribution in [3.63, 3.8) is 0 Å². The quantitative estimate of drug-likeness (QED) is 0.195. The van der Waals surface area contributed by atoms with Gasteiger partial charge in [0.25, 0.3) is 16.0 Å². The predicted octanol–water partition coefficient (Wildman–Crippen LogP) is 5.93. The van der Waals surface area contributed by atoms with Gasteiger partial charge in [0, 0.05) is 29.4 Å². The molecule has 0 atom stereocenters. The van der Waals surface area contributed by atoms with Crippen molar-refractivity contribution in [2.75, 3.05) is 24.6 Å². The normalized spacial score (nSPS) is 14.2. The molecule has 0 radical (unpaired) electrons. The van der Waals surface area contributed by atoms with Crippen LogP contribution < -0.4 is 9.61 Å². The molecule has 0 saturated carbocycles. The molecular weight excluding hydrogens is 651 g/mol. The second-order valence-electron chi connectivity index (χ2n) is 10.7. The van der Waals surface area contributed by atoms with Crippen LogP contribution in [-0.4, -0.2) is 66.5 Å². The number of hydrazine groups is 1. The Kier molecular flexibility index (Phi) is 12.6. The molecular formula is C29H38Cl2N4O7S2. The molecule has 0 spiro atoms. The fraction of sp³-hybridized carbons (Fsp3) is 0.448. The Balaban J connectivity index is 0.000000801. The number of halogens is 2. The summed E-state index contributed by atoms with van der Waals surface area (Å²) >= 11 is 12.7. The second kappa shape index (κ2) is 15.5. The Morgan fingerprint density at radius 3 is 2.20 bits per heavy atom. The summed E-state index contributed by atoms with van der Waals surface area (Å²) in [7, 11) is -7.37. The van der Waals surface area contributed by atoms with E-state index in [4.69, 9.17) is 36.9 Å². The summed E-state index contributed by atoms with van der Waals surface area (Å²) in [5, 5.41) is 2.80. The van der Waals surface area contributed by atoms with Gasteiger partial charge in [0.15, 0.2) is 5.69 Å². The van der Waals surface area contributed by atoms with E-state index in [1.165, 1.54) is 6.92 Å². The third kappa shape index (κ3) is 10.5. The fourth-order valence-electron chi connectivity index (χ4n) is 4.31. The van der Waals surface area contributed by atoms with Crippen LogP contribution in [0.4, 0.5) is 0 Å². The van der Waals surface area contributed by atoms with Gasteiger partial charge >= 0.3 is 10.1 Å². The maximum absolute atomic E-state index is 13.3. The topological polar surface area (TPSA) is 148 Å². The first-order chi connectivity index (χ1) is 20.6. The highest BCUT2D eigenvalue weighted by atomic mass is 35.5. The Morgan fingerprint density at radius 2 is 1.66 bits per heavy atom. The highest BCUT2D eigenvalue weighted by molar-refractivity contribution is 7.87. The number of carbonyl (C=O) groups excluding carboxylic acids is 1.